The lowest BCUT2D eigenvalue weighted by Crippen LogP contribution is -2.39. The van der Waals surface area contributed by atoms with Crippen molar-refractivity contribution in [2.24, 2.45) is 0 Å². The molecule has 1 unspecified atom stereocenters. The number of nitrogens with one attached hydrogen (secondary N) is 1. The monoisotopic (exact) mass is 239 g/mol. The third kappa shape index (κ3) is 4.68. The number of rotatable bonds is 7. The standard InChI is InChI=1S/C12H17NO2S/c1-2-8-13-11(12(14)15)9-16-10-6-4-3-5-7-10/h3-7,11,13H,2,8-9H2,1H3,(H,14,15). The third-order valence-electron chi connectivity index (χ3n) is 2.10. The van der Waals surface area contributed by atoms with Crippen molar-refractivity contribution < 1.29 is 9.90 Å². The van der Waals surface area contributed by atoms with Gasteiger partial charge in [0.25, 0.3) is 0 Å². The second-order valence-electron chi connectivity index (χ2n) is 3.47. The molecule has 0 bridgehead atoms. The van der Waals surface area contributed by atoms with Gasteiger partial charge in [-0.25, -0.2) is 0 Å². The molecule has 4 heteroatoms. The van der Waals surface area contributed by atoms with Crippen LogP contribution >= 0.6 is 11.8 Å². The number of benzene rings is 1. The first-order chi connectivity index (χ1) is 7.74. The van der Waals surface area contributed by atoms with Crippen molar-refractivity contribution in [2.75, 3.05) is 12.3 Å². The van der Waals surface area contributed by atoms with Crippen LogP contribution in [0.25, 0.3) is 0 Å². The molecule has 2 N–H and O–H groups in total. The molecule has 16 heavy (non-hydrogen) atoms. The van der Waals surface area contributed by atoms with Crippen molar-refractivity contribution in [1.29, 1.82) is 0 Å². The molecule has 0 radical (unpaired) electrons. The molecule has 0 aliphatic carbocycles. The highest BCUT2D eigenvalue weighted by Crippen LogP contribution is 2.17. The minimum absolute atomic E-state index is 0.467. The molecule has 1 aromatic carbocycles. The highest BCUT2D eigenvalue weighted by Gasteiger charge is 2.15. The molecule has 0 saturated heterocycles. The van der Waals surface area contributed by atoms with Gasteiger partial charge in [-0.2, -0.15) is 0 Å². The van der Waals surface area contributed by atoms with Crippen molar-refractivity contribution in [1.82, 2.24) is 5.32 Å². The topological polar surface area (TPSA) is 49.3 Å². The summed E-state index contributed by atoms with van der Waals surface area (Å²) in [5.41, 5.74) is 0. The van der Waals surface area contributed by atoms with Crippen molar-refractivity contribution in [3.63, 3.8) is 0 Å². The molecule has 0 fully saturated rings. The van der Waals surface area contributed by atoms with Gasteiger partial charge in [0, 0.05) is 10.6 Å². The minimum Gasteiger partial charge on any atom is -0.480 e. The molecule has 3 nitrogen and oxygen atoms in total. The predicted molar refractivity (Wildman–Crippen MR) is 66.9 cm³/mol. The number of carbonyl (C=O) groups is 1. The van der Waals surface area contributed by atoms with Crippen molar-refractivity contribution in [3.05, 3.63) is 30.3 Å². The molecular weight excluding hydrogens is 222 g/mol. The van der Waals surface area contributed by atoms with Crippen LogP contribution in [0.5, 0.6) is 0 Å². The van der Waals surface area contributed by atoms with Gasteiger partial charge in [0.05, 0.1) is 0 Å². The van der Waals surface area contributed by atoms with Gasteiger partial charge in [-0.1, -0.05) is 25.1 Å². The second-order valence-corrected chi connectivity index (χ2v) is 4.56. The van der Waals surface area contributed by atoms with Crippen LogP contribution in [0.4, 0.5) is 0 Å². The first-order valence-electron chi connectivity index (χ1n) is 5.38. The van der Waals surface area contributed by atoms with Crippen LogP contribution in [0.1, 0.15) is 13.3 Å². The molecule has 0 aliphatic rings. The van der Waals surface area contributed by atoms with Crippen LogP contribution in [0.2, 0.25) is 0 Å². The van der Waals surface area contributed by atoms with Gasteiger partial charge < -0.3 is 10.4 Å². The Kier molecular flexibility index (Phi) is 5.96. The van der Waals surface area contributed by atoms with Crippen LogP contribution in [-0.2, 0) is 4.79 Å². The highest BCUT2D eigenvalue weighted by molar-refractivity contribution is 7.99. The summed E-state index contributed by atoms with van der Waals surface area (Å²) in [5.74, 6) is -0.226. The summed E-state index contributed by atoms with van der Waals surface area (Å²) in [6.07, 6.45) is 0.944. The molecular formula is C12H17NO2S. The van der Waals surface area contributed by atoms with E-state index in [-0.39, 0.29) is 0 Å². The summed E-state index contributed by atoms with van der Waals surface area (Å²) >= 11 is 1.56. The molecule has 1 aromatic rings. The number of thioether (sulfide) groups is 1. The van der Waals surface area contributed by atoms with Crippen LogP contribution in [-0.4, -0.2) is 29.4 Å². The summed E-state index contributed by atoms with van der Waals surface area (Å²) in [5, 5.41) is 12.0. The number of carboxylic acid groups (broad SMARTS) is 1. The Labute approximate surface area is 100 Å². The van der Waals surface area contributed by atoms with E-state index in [0.29, 0.717) is 5.75 Å². The maximum absolute atomic E-state index is 11.0. The van der Waals surface area contributed by atoms with Crippen molar-refractivity contribution >= 4 is 17.7 Å². The fourth-order valence-corrected chi connectivity index (χ4v) is 2.20. The Morgan fingerprint density at radius 2 is 2.12 bits per heavy atom. The zero-order chi connectivity index (χ0) is 11.8. The molecule has 0 spiro atoms. The average Bonchev–Trinajstić information content (AvgIpc) is 2.30. The van der Waals surface area contributed by atoms with Gasteiger partial charge in [0.2, 0.25) is 0 Å². The smallest absolute Gasteiger partial charge is 0.321 e. The fourth-order valence-electron chi connectivity index (χ4n) is 1.23. The minimum atomic E-state index is -0.781. The van der Waals surface area contributed by atoms with Crippen molar-refractivity contribution in [3.8, 4) is 0 Å². The average molecular weight is 239 g/mol. The Morgan fingerprint density at radius 3 is 2.69 bits per heavy atom. The largest absolute Gasteiger partial charge is 0.480 e. The molecule has 1 rings (SSSR count). The first-order valence-corrected chi connectivity index (χ1v) is 6.36. The quantitative estimate of drug-likeness (QED) is 0.716. The fraction of sp³-hybridized carbons (Fsp3) is 0.417. The second kappa shape index (κ2) is 7.30. The summed E-state index contributed by atoms with van der Waals surface area (Å²) < 4.78 is 0. The summed E-state index contributed by atoms with van der Waals surface area (Å²) in [4.78, 5) is 12.1. The third-order valence-corrected chi connectivity index (χ3v) is 3.20. The van der Waals surface area contributed by atoms with E-state index in [0.717, 1.165) is 17.9 Å². The molecule has 0 heterocycles. The first kappa shape index (κ1) is 13.1. The Morgan fingerprint density at radius 1 is 1.44 bits per heavy atom. The SMILES string of the molecule is CCCNC(CSc1ccccc1)C(=O)O. The summed E-state index contributed by atoms with van der Waals surface area (Å²) in [6.45, 7) is 2.77. The summed E-state index contributed by atoms with van der Waals surface area (Å²) in [6, 6.07) is 9.38. The lowest BCUT2D eigenvalue weighted by atomic mass is 10.3. The highest BCUT2D eigenvalue weighted by atomic mass is 32.2. The van der Waals surface area contributed by atoms with Gasteiger partial charge in [0.1, 0.15) is 6.04 Å². The molecule has 88 valence electrons. The van der Waals surface area contributed by atoms with Crippen LogP contribution in [0, 0.1) is 0 Å². The van der Waals surface area contributed by atoms with E-state index in [4.69, 9.17) is 5.11 Å². The van der Waals surface area contributed by atoms with Crippen molar-refractivity contribution in [2.45, 2.75) is 24.3 Å². The lowest BCUT2D eigenvalue weighted by molar-refractivity contribution is -0.138. The van der Waals surface area contributed by atoms with Gasteiger partial charge in [-0.15, -0.1) is 11.8 Å². The normalized spacial score (nSPS) is 12.3. The molecule has 0 aromatic heterocycles. The molecule has 0 saturated carbocycles. The lowest BCUT2D eigenvalue weighted by Gasteiger charge is -2.13. The number of hydrogen-bond donors (Lipinski definition) is 2. The van der Waals surface area contributed by atoms with Crippen LogP contribution in [0.3, 0.4) is 0 Å². The van der Waals surface area contributed by atoms with Crippen LogP contribution < -0.4 is 5.32 Å². The maximum atomic E-state index is 11.0. The zero-order valence-corrected chi connectivity index (χ0v) is 10.2. The van der Waals surface area contributed by atoms with E-state index < -0.39 is 12.0 Å². The number of carboxylic acids is 1. The van der Waals surface area contributed by atoms with E-state index >= 15 is 0 Å². The van der Waals surface area contributed by atoms with Gasteiger partial charge in [-0.3, -0.25) is 4.79 Å². The van der Waals surface area contributed by atoms with E-state index in [9.17, 15) is 4.79 Å². The molecule has 1 atom stereocenters. The van der Waals surface area contributed by atoms with Crippen LogP contribution in [0.15, 0.2) is 35.2 Å². The Hall–Kier alpha value is -1.00. The predicted octanol–water partition coefficient (Wildman–Crippen LogP) is 2.23. The van der Waals surface area contributed by atoms with Gasteiger partial charge in [-0.05, 0) is 25.1 Å². The maximum Gasteiger partial charge on any atom is 0.321 e. The summed E-state index contributed by atoms with van der Waals surface area (Å²) in [7, 11) is 0. The van der Waals surface area contributed by atoms with Gasteiger partial charge in [0.15, 0.2) is 0 Å². The molecule has 0 amide bonds. The zero-order valence-electron chi connectivity index (χ0n) is 9.35. The van der Waals surface area contributed by atoms with E-state index in [1.54, 1.807) is 11.8 Å². The number of hydrogen-bond acceptors (Lipinski definition) is 3. The molecule has 0 aliphatic heterocycles. The van der Waals surface area contributed by atoms with E-state index in [1.165, 1.54) is 0 Å². The van der Waals surface area contributed by atoms with Gasteiger partial charge >= 0.3 is 5.97 Å². The van der Waals surface area contributed by atoms with E-state index in [2.05, 4.69) is 5.32 Å². The van der Waals surface area contributed by atoms with E-state index in [1.807, 2.05) is 37.3 Å². The number of aliphatic carboxylic acids is 1. The Balaban J connectivity index is 2.41. The Bertz CT molecular complexity index is 316.